The molecule has 1 saturated heterocycles. The van der Waals surface area contributed by atoms with E-state index >= 15 is 0 Å². The van der Waals surface area contributed by atoms with Crippen molar-refractivity contribution in [1.82, 2.24) is 15.1 Å². The van der Waals surface area contributed by atoms with E-state index in [9.17, 15) is 19.5 Å². The van der Waals surface area contributed by atoms with Gasteiger partial charge in [0, 0.05) is 44.4 Å². The average molecular weight is 500 g/mol. The van der Waals surface area contributed by atoms with Crippen molar-refractivity contribution >= 4 is 18.1 Å². The Morgan fingerprint density at radius 3 is 2.19 bits per heavy atom. The Labute approximate surface area is 210 Å². The molecule has 3 rings (SSSR count). The lowest BCUT2D eigenvalue weighted by atomic mass is 10.1. The maximum absolute atomic E-state index is 13.0. The van der Waals surface area contributed by atoms with E-state index in [-0.39, 0.29) is 23.3 Å². The second-order valence-electron chi connectivity index (χ2n) is 9.30. The molecule has 1 fully saturated rings. The largest absolute Gasteiger partial charge is 0.508 e. The molecule has 0 atom stereocenters. The Hall–Kier alpha value is -3.95. The van der Waals surface area contributed by atoms with Gasteiger partial charge < -0.3 is 34.4 Å². The minimum absolute atomic E-state index is 0.0980. The lowest BCUT2D eigenvalue weighted by Crippen LogP contribution is -2.50. The third-order valence-electron chi connectivity index (χ3n) is 5.23. The number of phenols is 1. The number of carbonyl (C=O) groups is 3. The molecule has 0 bridgehead atoms. The molecule has 1 heterocycles. The highest BCUT2D eigenvalue weighted by Gasteiger charge is 2.26. The summed E-state index contributed by atoms with van der Waals surface area (Å²) in [6.45, 7) is 9.21. The summed E-state index contributed by atoms with van der Waals surface area (Å²) in [6.07, 6.45) is -0.883. The number of hydrogen-bond acceptors (Lipinski definition) is 7. The monoisotopic (exact) mass is 499 g/mol. The number of amides is 3. The number of aromatic hydroxyl groups is 1. The quantitative estimate of drug-likeness (QED) is 0.614. The second-order valence-corrected chi connectivity index (χ2v) is 9.30. The molecule has 10 nitrogen and oxygen atoms in total. The number of piperazine rings is 1. The van der Waals surface area contributed by atoms with Crippen LogP contribution >= 0.6 is 0 Å². The van der Waals surface area contributed by atoms with E-state index < -0.39 is 11.7 Å². The topological polar surface area (TPSA) is 118 Å². The van der Waals surface area contributed by atoms with Gasteiger partial charge in [-0.2, -0.15) is 0 Å². The van der Waals surface area contributed by atoms with Crippen LogP contribution < -0.4 is 10.1 Å². The molecule has 1 aliphatic rings. The van der Waals surface area contributed by atoms with Gasteiger partial charge in [0.2, 0.25) is 0 Å². The summed E-state index contributed by atoms with van der Waals surface area (Å²) < 4.78 is 16.1. The van der Waals surface area contributed by atoms with Crippen molar-refractivity contribution in [3.05, 3.63) is 53.6 Å². The summed E-state index contributed by atoms with van der Waals surface area (Å²) in [5.41, 5.74) is 0.565. The van der Waals surface area contributed by atoms with Gasteiger partial charge in [-0.1, -0.05) is 12.1 Å². The standard InChI is InChI=1S/C26H33N3O7/c1-5-34-25(33)29-12-10-28(11-13-29)23(31)19-14-20(30)16-22(15-19)35-21-8-6-18(7-9-21)17-27-24(32)36-26(2,3)4/h6-9,14-16,30H,5,10-13,17H2,1-4H3,(H,27,32). The average Bonchev–Trinajstić information content (AvgIpc) is 2.82. The van der Waals surface area contributed by atoms with Crippen LogP contribution in [0.1, 0.15) is 43.6 Å². The first kappa shape index (κ1) is 26.7. The lowest BCUT2D eigenvalue weighted by molar-refractivity contribution is 0.0523. The van der Waals surface area contributed by atoms with Crippen molar-refractivity contribution in [2.45, 2.75) is 39.8 Å². The minimum atomic E-state index is -0.569. The van der Waals surface area contributed by atoms with E-state index in [1.54, 1.807) is 67.8 Å². The first-order chi connectivity index (χ1) is 17.0. The van der Waals surface area contributed by atoms with Crippen molar-refractivity contribution < 1.29 is 33.7 Å². The molecule has 1 aliphatic heterocycles. The van der Waals surface area contributed by atoms with E-state index in [4.69, 9.17) is 14.2 Å². The Balaban J connectivity index is 1.58. The summed E-state index contributed by atoms with van der Waals surface area (Å²) in [6, 6.07) is 11.4. The van der Waals surface area contributed by atoms with Crippen LogP contribution in [0, 0.1) is 0 Å². The highest BCUT2D eigenvalue weighted by Crippen LogP contribution is 2.28. The zero-order valence-corrected chi connectivity index (χ0v) is 21.1. The number of benzene rings is 2. The summed E-state index contributed by atoms with van der Waals surface area (Å²) in [5.74, 6) is 0.452. The smallest absolute Gasteiger partial charge is 0.409 e. The zero-order chi connectivity index (χ0) is 26.3. The Kier molecular flexibility index (Phi) is 8.63. The Morgan fingerprint density at radius 1 is 0.944 bits per heavy atom. The molecule has 0 aromatic heterocycles. The molecule has 10 heteroatoms. The first-order valence-electron chi connectivity index (χ1n) is 11.8. The molecule has 2 N–H and O–H groups in total. The number of rotatable bonds is 6. The van der Waals surface area contributed by atoms with Gasteiger partial charge in [-0.3, -0.25) is 4.79 Å². The van der Waals surface area contributed by atoms with Gasteiger partial charge in [-0.05, 0) is 57.5 Å². The summed E-state index contributed by atoms with van der Waals surface area (Å²) in [7, 11) is 0. The number of carbonyl (C=O) groups excluding carboxylic acids is 3. The van der Waals surface area contributed by atoms with Gasteiger partial charge in [0.05, 0.1) is 6.61 Å². The third kappa shape index (κ3) is 7.79. The minimum Gasteiger partial charge on any atom is -0.508 e. The van der Waals surface area contributed by atoms with Crippen molar-refractivity contribution in [1.29, 1.82) is 0 Å². The number of nitrogens with zero attached hydrogens (tertiary/aromatic N) is 2. The first-order valence-corrected chi connectivity index (χ1v) is 11.8. The third-order valence-corrected chi connectivity index (χ3v) is 5.23. The fraction of sp³-hybridized carbons (Fsp3) is 0.423. The predicted molar refractivity (Wildman–Crippen MR) is 132 cm³/mol. The van der Waals surface area contributed by atoms with E-state index in [0.717, 1.165) is 5.56 Å². The highest BCUT2D eigenvalue weighted by molar-refractivity contribution is 5.95. The van der Waals surface area contributed by atoms with Gasteiger partial charge in [-0.15, -0.1) is 0 Å². The fourth-order valence-corrected chi connectivity index (χ4v) is 3.56. The van der Waals surface area contributed by atoms with Crippen LogP contribution in [0.2, 0.25) is 0 Å². The number of ether oxygens (including phenoxy) is 3. The number of hydrogen-bond donors (Lipinski definition) is 2. The second kappa shape index (κ2) is 11.7. The van der Waals surface area contributed by atoms with Crippen LogP contribution in [0.25, 0.3) is 0 Å². The van der Waals surface area contributed by atoms with Crippen LogP contribution in [0.3, 0.4) is 0 Å². The summed E-state index contributed by atoms with van der Waals surface area (Å²) in [4.78, 5) is 39.9. The molecule has 0 saturated carbocycles. The predicted octanol–water partition coefficient (Wildman–Crippen LogP) is 4.12. The highest BCUT2D eigenvalue weighted by atomic mass is 16.6. The summed E-state index contributed by atoms with van der Waals surface area (Å²) in [5, 5.41) is 12.9. The van der Waals surface area contributed by atoms with E-state index in [1.807, 2.05) is 0 Å². The van der Waals surface area contributed by atoms with Gasteiger partial charge in [0.25, 0.3) is 5.91 Å². The molecule has 2 aromatic carbocycles. The summed E-state index contributed by atoms with van der Waals surface area (Å²) >= 11 is 0. The maximum atomic E-state index is 13.0. The Morgan fingerprint density at radius 2 is 1.58 bits per heavy atom. The van der Waals surface area contributed by atoms with Gasteiger partial charge in [0.1, 0.15) is 22.8 Å². The maximum Gasteiger partial charge on any atom is 0.409 e. The van der Waals surface area contributed by atoms with Gasteiger partial charge in [-0.25, -0.2) is 9.59 Å². The number of phenolic OH excluding ortho intramolecular Hbond substituents is 1. The molecular weight excluding hydrogens is 466 g/mol. The molecule has 3 amide bonds. The van der Waals surface area contributed by atoms with Crippen LogP contribution in [0.5, 0.6) is 17.2 Å². The molecule has 194 valence electrons. The normalized spacial score (nSPS) is 13.7. The number of nitrogens with one attached hydrogen (secondary N) is 1. The van der Waals surface area contributed by atoms with Gasteiger partial charge in [0.15, 0.2) is 0 Å². The van der Waals surface area contributed by atoms with Crippen molar-refractivity contribution in [3.8, 4) is 17.2 Å². The molecule has 0 spiro atoms. The van der Waals surface area contributed by atoms with Crippen LogP contribution in [0.4, 0.5) is 9.59 Å². The van der Waals surface area contributed by atoms with Crippen molar-refractivity contribution in [3.63, 3.8) is 0 Å². The van der Waals surface area contributed by atoms with Crippen LogP contribution in [-0.4, -0.2) is 71.4 Å². The van der Waals surface area contributed by atoms with E-state index in [0.29, 0.717) is 50.8 Å². The molecular formula is C26H33N3O7. The van der Waals surface area contributed by atoms with E-state index in [1.165, 1.54) is 12.1 Å². The van der Waals surface area contributed by atoms with E-state index in [2.05, 4.69) is 5.32 Å². The molecule has 2 aromatic rings. The van der Waals surface area contributed by atoms with Crippen LogP contribution in [0.15, 0.2) is 42.5 Å². The Bertz CT molecular complexity index is 1070. The van der Waals surface area contributed by atoms with Crippen LogP contribution in [-0.2, 0) is 16.0 Å². The molecule has 36 heavy (non-hydrogen) atoms. The molecule has 0 unspecified atom stereocenters. The lowest BCUT2D eigenvalue weighted by Gasteiger charge is -2.34. The fourth-order valence-electron chi connectivity index (χ4n) is 3.56. The van der Waals surface area contributed by atoms with Crippen molar-refractivity contribution in [2.75, 3.05) is 32.8 Å². The molecule has 0 radical (unpaired) electrons. The SMILES string of the molecule is CCOC(=O)N1CCN(C(=O)c2cc(O)cc(Oc3ccc(CNC(=O)OC(C)(C)C)cc3)c2)CC1. The zero-order valence-electron chi connectivity index (χ0n) is 21.1. The number of alkyl carbamates (subject to hydrolysis) is 1. The van der Waals surface area contributed by atoms with Crippen molar-refractivity contribution in [2.24, 2.45) is 0 Å². The molecule has 0 aliphatic carbocycles. The van der Waals surface area contributed by atoms with Gasteiger partial charge >= 0.3 is 12.2 Å².